The van der Waals surface area contributed by atoms with E-state index in [-0.39, 0.29) is 28.0 Å². The summed E-state index contributed by atoms with van der Waals surface area (Å²) < 4.78 is 13.3. The lowest BCUT2D eigenvalue weighted by Gasteiger charge is -2.31. The Morgan fingerprint density at radius 2 is 1.58 bits per heavy atom. The van der Waals surface area contributed by atoms with Gasteiger partial charge < -0.3 is 0 Å². The molecule has 1 heterocycles. The van der Waals surface area contributed by atoms with Gasteiger partial charge in [-0.1, -0.05) is 23.2 Å². The number of nitrogens with zero attached hydrogens (tertiary/aromatic N) is 2. The number of amides is 3. The average Bonchev–Trinajstić information content (AvgIpc) is 3.46. The summed E-state index contributed by atoms with van der Waals surface area (Å²) in [6, 6.07) is 9.06. The van der Waals surface area contributed by atoms with Gasteiger partial charge in [-0.15, -0.1) is 0 Å². The van der Waals surface area contributed by atoms with Crippen molar-refractivity contribution in [3.8, 4) is 0 Å². The van der Waals surface area contributed by atoms with E-state index < -0.39 is 47.7 Å². The topological polar surface area (TPSA) is 74.8 Å². The Balaban J connectivity index is 1.52. The number of rotatable bonds is 5. The Labute approximate surface area is 199 Å². The van der Waals surface area contributed by atoms with Gasteiger partial charge in [-0.05, 0) is 73.6 Å². The average molecular weight is 489 g/mol. The molecular weight excluding hydrogens is 470 g/mol. The van der Waals surface area contributed by atoms with Gasteiger partial charge in [0.1, 0.15) is 12.4 Å². The molecule has 0 spiro atoms. The zero-order valence-corrected chi connectivity index (χ0v) is 18.9. The molecule has 170 valence electrons. The minimum Gasteiger partial charge on any atom is -0.292 e. The molecule has 3 aliphatic rings. The lowest BCUT2D eigenvalue weighted by atomic mass is 9.81. The Morgan fingerprint density at radius 3 is 2.15 bits per heavy atom. The summed E-state index contributed by atoms with van der Waals surface area (Å²) in [6.45, 7) is -0.574. The predicted octanol–water partition coefficient (Wildman–Crippen LogP) is 4.40. The zero-order valence-electron chi connectivity index (χ0n) is 17.3. The van der Waals surface area contributed by atoms with Gasteiger partial charge in [-0.25, -0.2) is 9.40 Å². The largest absolute Gasteiger partial charge is 0.292 e. The van der Waals surface area contributed by atoms with Crippen LogP contribution in [0.1, 0.15) is 40.0 Å². The van der Waals surface area contributed by atoms with Crippen LogP contribution in [0.2, 0.25) is 10.0 Å². The van der Waals surface area contributed by atoms with Crippen molar-refractivity contribution in [2.75, 3.05) is 6.54 Å². The smallest absolute Gasteiger partial charge is 0.274 e. The second-order valence-electron chi connectivity index (χ2n) is 8.79. The first kappa shape index (κ1) is 22.0. The molecule has 6 nitrogen and oxygen atoms in total. The SMILES string of the molecule is O=C(CN(C(=O)c1ccc(Cl)cc1Cl)N1C(=O)[C@@H]2[C@H]3CC[C@@H](C3)[C@@H]2C1=O)c1ccc(F)cc1. The molecule has 2 bridgehead atoms. The molecule has 2 aromatic carbocycles. The molecule has 1 aliphatic heterocycles. The molecule has 0 aromatic heterocycles. The maximum absolute atomic E-state index is 13.5. The summed E-state index contributed by atoms with van der Waals surface area (Å²) >= 11 is 12.2. The molecule has 33 heavy (non-hydrogen) atoms. The summed E-state index contributed by atoms with van der Waals surface area (Å²) in [7, 11) is 0. The van der Waals surface area contributed by atoms with Crippen LogP contribution in [0.15, 0.2) is 42.5 Å². The van der Waals surface area contributed by atoms with E-state index in [2.05, 4.69) is 0 Å². The van der Waals surface area contributed by atoms with E-state index in [4.69, 9.17) is 23.2 Å². The minimum atomic E-state index is -0.763. The number of hydrogen-bond acceptors (Lipinski definition) is 4. The van der Waals surface area contributed by atoms with E-state index in [0.29, 0.717) is 5.02 Å². The molecule has 4 atom stereocenters. The van der Waals surface area contributed by atoms with E-state index in [1.165, 1.54) is 30.3 Å². The number of fused-ring (bicyclic) bond motifs is 5. The molecule has 0 radical (unpaired) electrons. The fraction of sp³-hybridized carbons (Fsp3) is 0.333. The van der Waals surface area contributed by atoms with Crippen LogP contribution in [-0.4, -0.2) is 40.1 Å². The maximum Gasteiger partial charge on any atom is 0.274 e. The Bertz CT molecular complexity index is 1160. The van der Waals surface area contributed by atoms with Crippen LogP contribution in [0.5, 0.6) is 0 Å². The van der Waals surface area contributed by atoms with Crippen LogP contribution in [-0.2, 0) is 9.59 Å². The Hall–Kier alpha value is -2.77. The van der Waals surface area contributed by atoms with Crippen molar-refractivity contribution < 1.29 is 23.6 Å². The number of ketones is 1. The first-order valence-electron chi connectivity index (χ1n) is 10.7. The highest BCUT2D eigenvalue weighted by Crippen LogP contribution is 2.56. The first-order chi connectivity index (χ1) is 15.8. The zero-order chi connectivity index (χ0) is 23.4. The van der Waals surface area contributed by atoms with Crippen molar-refractivity contribution in [3.63, 3.8) is 0 Å². The second kappa shape index (κ2) is 8.22. The molecule has 3 amide bonds. The van der Waals surface area contributed by atoms with Gasteiger partial charge in [0.2, 0.25) is 0 Å². The highest BCUT2D eigenvalue weighted by atomic mass is 35.5. The third kappa shape index (κ3) is 3.63. The fourth-order valence-corrected chi connectivity index (χ4v) is 6.02. The van der Waals surface area contributed by atoms with Crippen LogP contribution in [0.25, 0.3) is 0 Å². The highest BCUT2D eigenvalue weighted by molar-refractivity contribution is 6.36. The normalized spacial score (nSPS) is 25.5. The van der Waals surface area contributed by atoms with Crippen LogP contribution >= 0.6 is 23.2 Å². The molecule has 0 unspecified atom stereocenters. The number of halogens is 3. The van der Waals surface area contributed by atoms with Crippen molar-refractivity contribution in [2.45, 2.75) is 19.3 Å². The van der Waals surface area contributed by atoms with Gasteiger partial charge in [-0.2, -0.15) is 5.01 Å². The van der Waals surface area contributed by atoms with Gasteiger partial charge in [-0.3, -0.25) is 19.2 Å². The summed E-state index contributed by atoms with van der Waals surface area (Å²) in [5, 5.41) is 2.06. The van der Waals surface area contributed by atoms with Crippen LogP contribution < -0.4 is 0 Å². The first-order valence-corrected chi connectivity index (χ1v) is 11.4. The number of carbonyl (C=O) groups is 4. The molecule has 1 saturated heterocycles. The molecule has 9 heteroatoms. The molecule has 2 aliphatic carbocycles. The Morgan fingerprint density at radius 1 is 0.970 bits per heavy atom. The minimum absolute atomic E-state index is 0.00797. The number of Topliss-reactive ketones (excluding diaryl/α,β-unsaturated/α-hetero) is 1. The van der Waals surface area contributed by atoms with Crippen molar-refractivity contribution in [1.29, 1.82) is 0 Å². The maximum atomic E-state index is 13.5. The highest BCUT2D eigenvalue weighted by Gasteiger charge is 2.62. The molecule has 2 saturated carbocycles. The van der Waals surface area contributed by atoms with Crippen molar-refractivity contribution in [2.24, 2.45) is 23.7 Å². The monoisotopic (exact) mass is 488 g/mol. The second-order valence-corrected chi connectivity index (χ2v) is 9.63. The predicted molar refractivity (Wildman–Crippen MR) is 118 cm³/mol. The number of imide groups is 1. The summed E-state index contributed by atoms with van der Waals surface area (Å²) in [5.74, 6) is -3.43. The van der Waals surface area contributed by atoms with Gasteiger partial charge >= 0.3 is 0 Å². The van der Waals surface area contributed by atoms with E-state index in [1.807, 2.05) is 0 Å². The van der Waals surface area contributed by atoms with E-state index >= 15 is 0 Å². The van der Waals surface area contributed by atoms with Crippen LogP contribution in [0.3, 0.4) is 0 Å². The van der Waals surface area contributed by atoms with Gasteiger partial charge in [0, 0.05) is 10.6 Å². The Kier molecular flexibility index (Phi) is 5.49. The van der Waals surface area contributed by atoms with Gasteiger partial charge in [0.25, 0.3) is 17.7 Å². The quantitative estimate of drug-likeness (QED) is 0.461. The third-order valence-corrected chi connectivity index (χ3v) is 7.55. The molecule has 3 fully saturated rings. The lowest BCUT2D eigenvalue weighted by Crippen LogP contribution is -2.52. The summed E-state index contributed by atoms with van der Waals surface area (Å²) in [6.07, 6.45) is 2.60. The molecule has 0 N–H and O–H groups in total. The van der Waals surface area contributed by atoms with Crippen molar-refractivity contribution in [3.05, 3.63) is 69.5 Å². The van der Waals surface area contributed by atoms with Crippen LogP contribution in [0, 0.1) is 29.5 Å². The number of benzene rings is 2. The fourth-order valence-electron chi connectivity index (χ4n) is 5.53. The van der Waals surface area contributed by atoms with Gasteiger partial charge in [0.15, 0.2) is 5.78 Å². The van der Waals surface area contributed by atoms with Crippen LogP contribution in [0.4, 0.5) is 4.39 Å². The third-order valence-electron chi connectivity index (χ3n) is 7.00. The van der Waals surface area contributed by atoms with E-state index in [9.17, 15) is 23.6 Å². The van der Waals surface area contributed by atoms with Gasteiger partial charge in [0.05, 0.1) is 22.4 Å². The number of carbonyl (C=O) groups excluding carboxylic acids is 4. The molecular formula is C24H19Cl2FN2O4. The van der Waals surface area contributed by atoms with E-state index in [0.717, 1.165) is 41.4 Å². The van der Waals surface area contributed by atoms with Crippen molar-refractivity contribution in [1.82, 2.24) is 10.0 Å². The molecule has 2 aromatic rings. The molecule has 5 rings (SSSR count). The lowest BCUT2D eigenvalue weighted by molar-refractivity contribution is -0.154. The summed E-state index contributed by atoms with van der Waals surface area (Å²) in [5.41, 5.74) is 0.157. The van der Waals surface area contributed by atoms with E-state index in [1.54, 1.807) is 0 Å². The standard InChI is InChI=1S/C24H19Cl2FN2O4/c25-15-5-8-17(18(26)10-15)22(31)28(11-19(30)12-3-6-16(27)7-4-12)29-23(32)20-13-1-2-14(9-13)21(20)24(29)33/h3-8,10,13-14,20-21H,1-2,9,11H2/t13-,14-,20-,21+/m0/s1. The summed E-state index contributed by atoms with van der Waals surface area (Å²) in [4.78, 5) is 53.2. The number of hydrazine groups is 1. The van der Waals surface area contributed by atoms with Crippen molar-refractivity contribution >= 4 is 46.7 Å². The number of hydrogen-bond donors (Lipinski definition) is 0.